The van der Waals surface area contributed by atoms with Crippen molar-refractivity contribution in [1.29, 1.82) is 0 Å². The number of ketones is 1. The van der Waals surface area contributed by atoms with E-state index in [2.05, 4.69) is 5.32 Å². The third kappa shape index (κ3) is 9.12. The van der Waals surface area contributed by atoms with Crippen molar-refractivity contribution in [2.24, 2.45) is 22.7 Å². The highest BCUT2D eigenvalue weighted by Gasteiger charge is 2.78. The fourth-order valence-corrected chi connectivity index (χ4v) is 11.1. The molecule has 0 aromatic heterocycles. The first-order valence-electron chi connectivity index (χ1n) is 23.4. The van der Waals surface area contributed by atoms with Crippen LogP contribution in [0, 0.1) is 22.7 Å². The number of aliphatic hydroxyl groups is 3. The summed E-state index contributed by atoms with van der Waals surface area (Å²) < 4.78 is 36.0. The Morgan fingerprint density at radius 3 is 2.13 bits per heavy atom. The molecule has 12 atom stereocenters. The molecule has 4 N–H and O–H groups in total. The van der Waals surface area contributed by atoms with Gasteiger partial charge in [-0.1, -0.05) is 69.3 Å². The van der Waals surface area contributed by atoms with Crippen LogP contribution in [-0.4, -0.2) is 134 Å². The second-order valence-electron chi connectivity index (χ2n) is 20.8. The van der Waals surface area contributed by atoms with Crippen molar-refractivity contribution < 1.29 is 82.1 Å². The van der Waals surface area contributed by atoms with Gasteiger partial charge in [-0.15, -0.1) is 0 Å². The molecule has 3 amide bonds. The number of nitrogens with one attached hydrogen (secondary N) is 1. The van der Waals surface area contributed by atoms with Crippen LogP contribution in [-0.2, 0) is 57.2 Å². The van der Waals surface area contributed by atoms with E-state index in [1.165, 1.54) is 52.0 Å². The molecule has 2 bridgehead atoms. The Labute approximate surface area is 405 Å². The maximum Gasteiger partial charge on any atom is 0.408 e. The predicted octanol–water partition coefficient (Wildman–Crippen LogP) is 3.60. The average molecular weight is 975 g/mol. The molecule has 378 valence electrons. The van der Waals surface area contributed by atoms with Gasteiger partial charge in [0.2, 0.25) is 17.9 Å². The van der Waals surface area contributed by atoms with E-state index in [9.17, 15) is 44.1 Å². The van der Waals surface area contributed by atoms with Crippen molar-refractivity contribution in [2.75, 3.05) is 13.2 Å². The van der Waals surface area contributed by atoms with E-state index in [1.54, 1.807) is 64.1 Å². The van der Waals surface area contributed by atoms with Crippen molar-refractivity contribution >= 4 is 47.6 Å². The lowest BCUT2D eigenvalue weighted by Gasteiger charge is -2.67. The number of hydrogen-bond donors (Lipinski definition) is 4. The number of carbonyl (C=O) groups is 8. The van der Waals surface area contributed by atoms with Crippen molar-refractivity contribution in [1.82, 2.24) is 10.2 Å². The number of carbonyl (C=O) groups excluding carboxylic acids is 8. The Bertz CT molecular complexity index is 2470. The molecule has 2 saturated heterocycles. The lowest BCUT2D eigenvalue weighted by atomic mass is 9.44. The van der Waals surface area contributed by atoms with Crippen LogP contribution >= 0.6 is 0 Å². The summed E-state index contributed by atoms with van der Waals surface area (Å²) in [5.41, 5.74) is -8.93. The molecule has 0 radical (unpaired) electrons. The molecule has 5 aliphatic rings. The molecular weight excluding hydrogens is 913 g/mol. The summed E-state index contributed by atoms with van der Waals surface area (Å²) in [7, 11) is 0. The van der Waals surface area contributed by atoms with Gasteiger partial charge in [0.05, 0.1) is 36.0 Å². The van der Waals surface area contributed by atoms with E-state index >= 15 is 9.59 Å². The van der Waals surface area contributed by atoms with Crippen LogP contribution in [0.1, 0.15) is 110 Å². The number of Topliss-reactive ketones (excluding diaryl/α,β-unsaturated/α-hetero) is 1. The second kappa shape index (κ2) is 19.0. The van der Waals surface area contributed by atoms with Crippen LogP contribution in [0.15, 0.2) is 71.8 Å². The van der Waals surface area contributed by atoms with E-state index in [-0.39, 0.29) is 48.3 Å². The standard InChI is InChI=1S/C51H62N2O17/c1-26-22-34(56)53(43(26)60)21-20-35(57)67-39(37(29-16-12-10-13-17-29)52-46(63)70-47(4,5)6)45(62)66-31-24-51(64)42(68-44(61)30-18-14-11-15-19-30)40-49(9,41(59)38(58)36(27(31)2)48(51,7)8)32(55)23-33-50(40,25-65-33)69-28(3)54/h10-19,26,31-33,37-40,42,55,58,64H,20-25H2,1-9H3,(H,52,63)/t26?,31-,32+,33-,37+,38-,39-,40-,42+,49-,50+,51-/m1/s1. The van der Waals surface area contributed by atoms with Gasteiger partial charge in [-0.2, -0.15) is 0 Å². The summed E-state index contributed by atoms with van der Waals surface area (Å²) in [6, 6.07) is 14.1. The van der Waals surface area contributed by atoms with Crippen molar-refractivity contribution in [3.05, 3.63) is 82.9 Å². The quantitative estimate of drug-likeness (QED) is 0.102. The van der Waals surface area contributed by atoms with E-state index in [0.29, 0.717) is 0 Å². The number of fused-ring (bicyclic) bond motifs is 5. The molecule has 2 aromatic carbocycles. The topological polar surface area (TPSA) is 268 Å². The number of esters is 4. The summed E-state index contributed by atoms with van der Waals surface area (Å²) in [6.07, 6.45) is -12.8. The smallest absolute Gasteiger partial charge is 0.408 e. The number of amides is 3. The Morgan fingerprint density at radius 1 is 0.943 bits per heavy atom. The number of alkyl carbamates (subject to hydrolysis) is 1. The number of rotatable bonds is 12. The fourth-order valence-electron chi connectivity index (χ4n) is 11.1. The first-order valence-corrected chi connectivity index (χ1v) is 23.4. The molecule has 19 nitrogen and oxygen atoms in total. The van der Waals surface area contributed by atoms with Gasteiger partial charge in [0.15, 0.2) is 11.4 Å². The molecular formula is C51H62N2O17. The third-order valence-electron chi connectivity index (χ3n) is 14.8. The molecule has 4 fully saturated rings. The Kier molecular flexibility index (Phi) is 14.0. The number of benzene rings is 2. The Hall–Kier alpha value is -6.02. The van der Waals surface area contributed by atoms with Crippen molar-refractivity contribution in [2.45, 2.75) is 147 Å². The number of aliphatic hydroxyl groups excluding tert-OH is 2. The van der Waals surface area contributed by atoms with Gasteiger partial charge < -0.3 is 49.1 Å². The first kappa shape index (κ1) is 51.8. The minimum atomic E-state index is -2.47. The second-order valence-corrected chi connectivity index (χ2v) is 20.8. The zero-order valence-corrected chi connectivity index (χ0v) is 40.7. The van der Waals surface area contributed by atoms with Crippen LogP contribution in [0.2, 0.25) is 0 Å². The summed E-state index contributed by atoms with van der Waals surface area (Å²) in [5.74, 6) is -8.32. The maximum atomic E-state index is 15.2. The van der Waals surface area contributed by atoms with Gasteiger partial charge in [0.1, 0.15) is 41.7 Å². The number of hydrogen-bond acceptors (Lipinski definition) is 17. The third-order valence-corrected chi connectivity index (χ3v) is 14.8. The van der Waals surface area contributed by atoms with E-state index in [4.69, 9.17) is 28.4 Å². The van der Waals surface area contributed by atoms with Crippen LogP contribution in [0.25, 0.3) is 0 Å². The van der Waals surface area contributed by atoms with Gasteiger partial charge in [0.25, 0.3) is 0 Å². The summed E-state index contributed by atoms with van der Waals surface area (Å²) in [5, 5.41) is 40.8. The summed E-state index contributed by atoms with van der Waals surface area (Å²) >= 11 is 0. The largest absolute Gasteiger partial charge is 0.455 e. The lowest BCUT2D eigenvalue weighted by Crippen LogP contribution is -2.81. The van der Waals surface area contributed by atoms with Crippen LogP contribution in [0.3, 0.4) is 0 Å². The summed E-state index contributed by atoms with van der Waals surface area (Å²) in [6.45, 7) is 12.7. The molecule has 19 heteroatoms. The normalized spacial score (nSPS) is 32.1. The molecule has 2 heterocycles. The van der Waals surface area contributed by atoms with Crippen LogP contribution in [0.4, 0.5) is 4.79 Å². The minimum absolute atomic E-state index is 0.0335. The van der Waals surface area contributed by atoms with E-state index in [0.717, 1.165) is 11.8 Å². The summed E-state index contributed by atoms with van der Waals surface area (Å²) in [4.78, 5) is 111. The van der Waals surface area contributed by atoms with Crippen molar-refractivity contribution in [3.8, 4) is 0 Å². The number of imide groups is 1. The van der Waals surface area contributed by atoms with Gasteiger partial charge in [0, 0.05) is 44.1 Å². The molecule has 70 heavy (non-hydrogen) atoms. The zero-order valence-electron chi connectivity index (χ0n) is 40.7. The number of ether oxygens (including phenoxy) is 6. The predicted molar refractivity (Wildman–Crippen MR) is 243 cm³/mol. The van der Waals surface area contributed by atoms with Crippen LogP contribution in [0.5, 0.6) is 0 Å². The minimum Gasteiger partial charge on any atom is -0.455 e. The molecule has 1 unspecified atom stereocenters. The Balaban J connectivity index is 1.35. The molecule has 2 aromatic rings. The fraction of sp³-hybridized carbons (Fsp3) is 0.569. The molecule has 7 rings (SSSR count). The molecule has 2 saturated carbocycles. The van der Waals surface area contributed by atoms with Gasteiger partial charge in [-0.05, 0) is 63.5 Å². The molecule has 0 spiro atoms. The van der Waals surface area contributed by atoms with Gasteiger partial charge in [-0.3, -0.25) is 28.9 Å². The monoisotopic (exact) mass is 974 g/mol. The SMILES string of the molecule is CC(=O)O[C@@]12CO[C@@H]1C[C@H](O)[C@@]1(C)C(=O)[C@H](O)C3=C(C)[C@H](OC(=O)[C@H](OC(=O)CCN4C(=O)CC(C)C4=O)[C@@H](NC(=O)OC(C)(C)C)c4ccccc4)C[C@@](O)([C@@H](OC(=O)c4ccccc4)[C@@H]21)C3(C)C. The molecule has 2 aliphatic heterocycles. The van der Waals surface area contributed by atoms with E-state index in [1.807, 2.05) is 0 Å². The molecule has 3 aliphatic carbocycles. The maximum absolute atomic E-state index is 15.2. The Morgan fingerprint density at radius 2 is 1.57 bits per heavy atom. The van der Waals surface area contributed by atoms with Gasteiger partial charge in [-0.25, -0.2) is 14.4 Å². The average Bonchev–Trinajstić information content (AvgIpc) is 3.53. The highest BCUT2D eigenvalue weighted by Crippen LogP contribution is 2.64. The van der Waals surface area contributed by atoms with E-state index < -0.39 is 143 Å². The highest BCUT2D eigenvalue weighted by atomic mass is 16.6. The zero-order chi connectivity index (χ0) is 51.5. The first-order chi connectivity index (χ1) is 32.7. The number of likely N-dealkylation sites (tertiary alicyclic amines) is 1. The highest BCUT2D eigenvalue weighted by molar-refractivity contribution is 6.03. The number of nitrogens with zero attached hydrogens (tertiary/aromatic N) is 1. The van der Waals surface area contributed by atoms with Crippen molar-refractivity contribution in [3.63, 3.8) is 0 Å². The van der Waals surface area contributed by atoms with Gasteiger partial charge >= 0.3 is 30.0 Å². The van der Waals surface area contributed by atoms with Crippen LogP contribution < -0.4 is 5.32 Å². The lowest BCUT2D eigenvalue weighted by molar-refractivity contribution is -0.346.